The molecule has 1 fully saturated rings. The molecule has 2 heterocycles. The number of hydrogen-bond donors (Lipinski definition) is 0. The Labute approximate surface area is 138 Å². The maximum Gasteiger partial charge on any atom is 0.273 e. The monoisotopic (exact) mass is 356 g/mol. The Morgan fingerprint density at radius 2 is 1.96 bits per heavy atom. The zero-order valence-corrected chi connectivity index (χ0v) is 14.3. The van der Waals surface area contributed by atoms with Gasteiger partial charge in [-0.05, 0) is 12.1 Å². The molecule has 2 aromatic rings. The van der Waals surface area contributed by atoms with E-state index in [4.69, 9.17) is 14.2 Å². The molecule has 1 aliphatic heterocycles. The zero-order valence-electron chi connectivity index (χ0n) is 12.6. The second-order valence-electron chi connectivity index (χ2n) is 4.88. The fraction of sp³-hybridized carbons (Fsp3) is 0.357. The van der Waals surface area contributed by atoms with E-state index in [2.05, 4.69) is 4.98 Å². The van der Waals surface area contributed by atoms with Crippen molar-refractivity contribution in [3.05, 3.63) is 29.8 Å². The number of rotatable bonds is 6. The molecule has 1 aromatic heterocycles. The summed E-state index contributed by atoms with van der Waals surface area (Å²) in [6, 6.07) is 4.55. The van der Waals surface area contributed by atoms with Gasteiger partial charge in [0.05, 0.1) is 32.2 Å². The Morgan fingerprint density at radius 3 is 2.57 bits per heavy atom. The number of hydrogen-bond acceptors (Lipinski definition) is 7. The average molecular weight is 356 g/mol. The first-order chi connectivity index (χ1) is 11.0. The number of thiazole rings is 1. The summed E-state index contributed by atoms with van der Waals surface area (Å²) in [6.45, 7) is 0.604. The SMILES string of the molecule is COc1ccc(S(=O)(=O)N2CC(Oc3nccs3)C2)cc1OC. The second-order valence-corrected chi connectivity index (χ2v) is 7.67. The fourth-order valence-electron chi connectivity index (χ4n) is 2.21. The molecule has 3 rings (SSSR count). The van der Waals surface area contributed by atoms with E-state index in [-0.39, 0.29) is 11.0 Å². The summed E-state index contributed by atoms with van der Waals surface area (Å²) in [7, 11) is -0.601. The van der Waals surface area contributed by atoms with Crippen molar-refractivity contribution in [2.75, 3.05) is 27.3 Å². The fourth-order valence-corrected chi connectivity index (χ4v) is 4.28. The van der Waals surface area contributed by atoms with Gasteiger partial charge in [0, 0.05) is 17.6 Å². The van der Waals surface area contributed by atoms with Crippen LogP contribution in [0.4, 0.5) is 0 Å². The lowest BCUT2D eigenvalue weighted by Gasteiger charge is -2.37. The van der Waals surface area contributed by atoms with Gasteiger partial charge < -0.3 is 14.2 Å². The van der Waals surface area contributed by atoms with Crippen LogP contribution in [0.2, 0.25) is 0 Å². The molecule has 0 N–H and O–H groups in total. The van der Waals surface area contributed by atoms with Gasteiger partial charge in [-0.2, -0.15) is 4.31 Å². The van der Waals surface area contributed by atoms with Crippen molar-refractivity contribution >= 4 is 21.4 Å². The molecule has 0 amide bonds. The second kappa shape index (κ2) is 6.34. The molecule has 0 saturated carbocycles. The molecule has 23 heavy (non-hydrogen) atoms. The molecule has 124 valence electrons. The minimum Gasteiger partial charge on any atom is -0.493 e. The molecule has 0 spiro atoms. The number of methoxy groups -OCH3 is 2. The molecule has 0 radical (unpaired) electrons. The number of ether oxygens (including phenoxy) is 3. The number of benzene rings is 1. The van der Waals surface area contributed by atoms with Crippen LogP contribution >= 0.6 is 11.3 Å². The Balaban J connectivity index is 1.71. The number of nitrogens with zero attached hydrogens (tertiary/aromatic N) is 2. The molecule has 0 unspecified atom stereocenters. The normalized spacial score (nSPS) is 15.9. The summed E-state index contributed by atoms with van der Waals surface area (Å²) in [5.74, 6) is 0.865. The minimum absolute atomic E-state index is 0.169. The van der Waals surface area contributed by atoms with Gasteiger partial charge >= 0.3 is 0 Å². The highest BCUT2D eigenvalue weighted by Crippen LogP contribution is 2.32. The highest BCUT2D eigenvalue weighted by Gasteiger charge is 2.38. The molecule has 7 nitrogen and oxygen atoms in total. The Hall–Kier alpha value is -1.84. The molecule has 1 aromatic carbocycles. The van der Waals surface area contributed by atoms with E-state index < -0.39 is 10.0 Å². The predicted molar refractivity (Wildman–Crippen MR) is 84.8 cm³/mol. The van der Waals surface area contributed by atoms with Crippen molar-refractivity contribution in [2.45, 2.75) is 11.0 Å². The van der Waals surface area contributed by atoms with Crippen molar-refractivity contribution in [1.29, 1.82) is 0 Å². The van der Waals surface area contributed by atoms with Gasteiger partial charge in [0.25, 0.3) is 5.19 Å². The molecule has 1 saturated heterocycles. The topological polar surface area (TPSA) is 78.0 Å². The third kappa shape index (κ3) is 3.12. The highest BCUT2D eigenvalue weighted by molar-refractivity contribution is 7.89. The van der Waals surface area contributed by atoms with Crippen LogP contribution < -0.4 is 14.2 Å². The summed E-state index contributed by atoms with van der Waals surface area (Å²) < 4.78 is 42.4. The van der Waals surface area contributed by atoms with E-state index in [1.54, 1.807) is 12.3 Å². The largest absolute Gasteiger partial charge is 0.493 e. The first-order valence-electron chi connectivity index (χ1n) is 6.83. The third-order valence-electron chi connectivity index (χ3n) is 3.48. The summed E-state index contributed by atoms with van der Waals surface area (Å²) in [4.78, 5) is 4.19. The molecular weight excluding hydrogens is 340 g/mol. The predicted octanol–water partition coefficient (Wildman–Crippen LogP) is 1.61. The van der Waals surface area contributed by atoms with Crippen LogP contribution in [0.3, 0.4) is 0 Å². The smallest absolute Gasteiger partial charge is 0.273 e. The van der Waals surface area contributed by atoms with Crippen molar-refractivity contribution in [2.24, 2.45) is 0 Å². The van der Waals surface area contributed by atoms with Gasteiger partial charge in [0.2, 0.25) is 10.0 Å². The molecular formula is C14H16N2O5S2. The Kier molecular flexibility index (Phi) is 4.42. The van der Waals surface area contributed by atoms with Gasteiger partial charge in [-0.3, -0.25) is 0 Å². The first-order valence-corrected chi connectivity index (χ1v) is 9.15. The lowest BCUT2D eigenvalue weighted by molar-refractivity contribution is 0.0759. The number of sulfonamides is 1. The van der Waals surface area contributed by atoms with Gasteiger partial charge in [-0.15, -0.1) is 0 Å². The van der Waals surface area contributed by atoms with Crippen LogP contribution in [0.25, 0.3) is 0 Å². The summed E-state index contributed by atoms with van der Waals surface area (Å²) in [6.07, 6.45) is 1.48. The van der Waals surface area contributed by atoms with Crippen LogP contribution in [0, 0.1) is 0 Å². The van der Waals surface area contributed by atoms with Crippen LogP contribution in [0.1, 0.15) is 0 Å². The standard InChI is InChI=1S/C14H16N2O5S2/c1-19-12-4-3-11(7-13(12)20-2)23(17,18)16-8-10(9-16)21-14-15-5-6-22-14/h3-7,10H,8-9H2,1-2H3. The van der Waals surface area contributed by atoms with Gasteiger partial charge in [0.15, 0.2) is 11.5 Å². The molecule has 0 aliphatic carbocycles. The lowest BCUT2D eigenvalue weighted by Crippen LogP contribution is -2.55. The quantitative estimate of drug-likeness (QED) is 0.783. The highest BCUT2D eigenvalue weighted by atomic mass is 32.2. The van der Waals surface area contributed by atoms with Gasteiger partial charge in [0.1, 0.15) is 6.10 Å². The van der Waals surface area contributed by atoms with Crippen molar-refractivity contribution in [1.82, 2.24) is 9.29 Å². The summed E-state index contributed by atoms with van der Waals surface area (Å²) in [5.41, 5.74) is 0. The van der Waals surface area contributed by atoms with Crippen LogP contribution in [0.5, 0.6) is 16.7 Å². The zero-order chi connectivity index (χ0) is 16.4. The lowest BCUT2D eigenvalue weighted by atomic mass is 10.2. The average Bonchev–Trinajstić information content (AvgIpc) is 3.02. The van der Waals surface area contributed by atoms with Crippen LogP contribution in [-0.2, 0) is 10.0 Å². The van der Waals surface area contributed by atoms with E-state index in [1.165, 1.54) is 42.0 Å². The van der Waals surface area contributed by atoms with E-state index in [0.29, 0.717) is 29.8 Å². The van der Waals surface area contributed by atoms with E-state index in [9.17, 15) is 8.42 Å². The Morgan fingerprint density at radius 1 is 1.22 bits per heavy atom. The maximum absolute atomic E-state index is 12.6. The van der Waals surface area contributed by atoms with Gasteiger partial charge in [-0.1, -0.05) is 11.3 Å². The molecule has 0 atom stereocenters. The minimum atomic E-state index is -3.57. The van der Waals surface area contributed by atoms with E-state index >= 15 is 0 Å². The third-order valence-corrected chi connectivity index (χ3v) is 5.97. The van der Waals surface area contributed by atoms with Gasteiger partial charge in [-0.25, -0.2) is 13.4 Å². The maximum atomic E-state index is 12.6. The van der Waals surface area contributed by atoms with E-state index in [1.807, 2.05) is 5.38 Å². The van der Waals surface area contributed by atoms with E-state index in [0.717, 1.165) is 0 Å². The molecule has 1 aliphatic rings. The van der Waals surface area contributed by atoms with Crippen molar-refractivity contribution in [3.8, 4) is 16.7 Å². The molecule has 0 bridgehead atoms. The van der Waals surface area contributed by atoms with Crippen LogP contribution in [-0.4, -0.2) is 51.1 Å². The summed E-state index contributed by atoms with van der Waals surface area (Å²) >= 11 is 1.38. The van der Waals surface area contributed by atoms with Crippen LogP contribution in [0.15, 0.2) is 34.7 Å². The Bertz CT molecular complexity index is 770. The first kappa shape index (κ1) is 16.0. The number of aromatic nitrogens is 1. The van der Waals surface area contributed by atoms with Crippen molar-refractivity contribution < 1.29 is 22.6 Å². The summed E-state index contributed by atoms with van der Waals surface area (Å²) in [5, 5.41) is 2.37. The van der Waals surface area contributed by atoms with Crippen molar-refractivity contribution in [3.63, 3.8) is 0 Å². The molecule has 9 heteroatoms.